The molecule has 0 aliphatic carbocycles. The van der Waals surface area contributed by atoms with Crippen LogP contribution in [0.25, 0.3) is 49.5 Å². The highest BCUT2D eigenvalue weighted by molar-refractivity contribution is 7.89. The van der Waals surface area contributed by atoms with Crippen molar-refractivity contribution in [1.82, 2.24) is 24.2 Å². The third-order valence-electron chi connectivity index (χ3n) is 7.45. The molecule has 8 nitrogen and oxygen atoms in total. The van der Waals surface area contributed by atoms with Crippen LogP contribution < -0.4 is 10.9 Å². The van der Waals surface area contributed by atoms with E-state index in [2.05, 4.69) is 21.4 Å². The Kier molecular flexibility index (Phi) is 5.92. The van der Waals surface area contributed by atoms with Crippen LogP contribution in [0, 0.1) is 0 Å². The number of hydrogen-bond acceptors (Lipinski definition) is 6. The number of nitrogens with one attached hydrogen (secondary N) is 1. The van der Waals surface area contributed by atoms with E-state index in [4.69, 9.17) is 0 Å². The predicted molar refractivity (Wildman–Crippen MR) is 157 cm³/mol. The molecule has 9 heteroatoms. The van der Waals surface area contributed by atoms with E-state index in [-0.39, 0.29) is 10.5 Å². The molecule has 4 heterocycles. The highest BCUT2D eigenvalue weighted by atomic mass is 32.2. The Balaban J connectivity index is 1.38. The second-order valence-electron chi connectivity index (χ2n) is 9.87. The molecule has 0 bridgehead atoms. The highest BCUT2D eigenvalue weighted by Crippen LogP contribution is 2.30. The summed E-state index contributed by atoms with van der Waals surface area (Å²) in [5.74, 6) is 0. The number of nitrogens with zero attached hydrogens (tertiary/aromatic N) is 4. The number of rotatable bonds is 4. The first-order valence-electron chi connectivity index (χ1n) is 13.1. The van der Waals surface area contributed by atoms with Crippen molar-refractivity contribution in [2.24, 2.45) is 0 Å². The Labute approximate surface area is 230 Å². The maximum absolute atomic E-state index is 13.3. The van der Waals surface area contributed by atoms with Gasteiger partial charge in [0.25, 0.3) is 5.56 Å². The fourth-order valence-electron chi connectivity index (χ4n) is 5.38. The van der Waals surface area contributed by atoms with Gasteiger partial charge in [-0.1, -0.05) is 24.3 Å². The third kappa shape index (κ3) is 4.15. The minimum atomic E-state index is -3.61. The second kappa shape index (κ2) is 9.63. The lowest BCUT2D eigenvalue weighted by Crippen LogP contribution is -2.46. The molecule has 7 rings (SSSR count). The predicted octanol–water partition coefficient (Wildman–Crippen LogP) is 4.35. The van der Waals surface area contributed by atoms with E-state index in [0.29, 0.717) is 37.4 Å². The maximum atomic E-state index is 13.3. The van der Waals surface area contributed by atoms with Gasteiger partial charge in [0.2, 0.25) is 10.0 Å². The molecule has 0 unspecified atom stereocenters. The topological polar surface area (TPSA) is 97.2 Å². The first-order chi connectivity index (χ1) is 19.5. The summed E-state index contributed by atoms with van der Waals surface area (Å²) in [6.07, 6.45) is 3.61. The zero-order valence-corrected chi connectivity index (χ0v) is 22.3. The summed E-state index contributed by atoms with van der Waals surface area (Å²) in [7, 11) is -3.61. The van der Waals surface area contributed by atoms with E-state index in [1.807, 2.05) is 48.7 Å². The number of aromatic nitrogens is 3. The average molecular weight is 548 g/mol. The van der Waals surface area contributed by atoms with Gasteiger partial charge in [0.1, 0.15) is 0 Å². The molecule has 1 saturated heterocycles. The zero-order valence-electron chi connectivity index (χ0n) is 21.5. The van der Waals surface area contributed by atoms with Gasteiger partial charge in [0, 0.05) is 72.0 Å². The SMILES string of the molecule is O=c1ccc2cnc3ccc(-c4cnc5ccccc5c4)cc3c2n1-c1ccc(S(=O)(=O)N2CCNCC2)cc1. The fourth-order valence-corrected chi connectivity index (χ4v) is 6.82. The summed E-state index contributed by atoms with van der Waals surface area (Å²) in [4.78, 5) is 22.8. The number of piperazine rings is 1. The van der Waals surface area contributed by atoms with E-state index in [1.165, 1.54) is 10.4 Å². The van der Waals surface area contributed by atoms with Gasteiger partial charge in [0.05, 0.1) is 21.4 Å². The minimum absolute atomic E-state index is 0.212. The van der Waals surface area contributed by atoms with Crippen LogP contribution in [0.15, 0.2) is 107 Å². The summed E-state index contributed by atoms with van der Waals surface area (Å²) in [5, 5.41) is 5.84. The van der Waals surface area contributed by atoms with E-state index in [9.17, 15) is 13.2 Å². The van der Waals surface area contributed by atoms with Gasteiger partial charge < -0.3 is 5.32 Å². The smallest absolute Gasteiger partial charge is 0.255 e. The Morgan fingerprint density at radius 2 is 1.50 bits per heavy atom. The number of pyridine rings is 3. The number of benzene rings is 3. The van der Waals surface area contributed by atoms with Crippen molar-refractivity contribution in [2.75, 3.05) is 26.2 Å². The van der Waals surface area contributed by atoms with E-state index >= 15 is 0 Å². The van der Waals surface area contributed by atoms with Crippen LogP contribution in [0.3, 0.4) is 0 Å². The van der Waals surface area contributed by atoms with Crippen LogP contribution in [0.5, 0.6) is 0 Å². The first-order valence-corrected chi connectivity index (χ1v) is 14.5. The summed E-state index contributed by atoms with van der Waals surface area (Å²) in [6, 6.07) is 25.9. The van der Waals surface area contributed by atoms with Gasteiger partial charge in [-0.3, -0.25) is 19.3 Å². The van der Waals surface area contributed by atoms with Crippen molar-refractivity contribution >= 4 is 42.7 Å². The molecule has 1 fully saturated rings. The Morgan fingerprint density at radius 1 is 0.725 bits per heavy atom. The molecule has 0 amide bonds. The zero-order chi connectivity index (χ0) is 27.3. The lowest BCUT2D eigenvalue weighted by Gasteiger charge is -2.26. The summed E-state index contributed by atoms with van der Waals surface area (Å²) >= 11 is 0. The summed E-state index contributed by atoms with van der Waals surface area (Å²) in [6.45, 7) is 2.12. The molecule has 6 aromatic rings. The number of para-hydroxylation sites is 1. The first kappa shape index (κ1) is 24.6. The number of fused-ring (bicyclic) bond motifs is 4. The van der Waals surface area contributed by atoms with Crippen LogP contribution in [0.2, 0.25) is 0 Å². The number of sulfonamides is 1. The largest absolute Gasteiger partial charge is 0.314 e. The normalized spacial score (nSPS) is 14.7. The lowest BCUT2D eigenvalue weighted by atomic mass is 10.0. The number of hydrogen-bond donors (Lipinski definition) is 1. The van der Waals surface area contributed by atoms with E-state index in [1.54, 1.807) is 41.1 Å². The monoisotopic (exact) mass is 547 g/mol. The van der Waals surface area contributed by atoms with Gasteiger partial charge in [-0.2, -0.15) is 4.31 Å². The van der Waals surface area contributed by atoms with Gasteiger partial charge >= 0.3 is 0 Å². The molecule has 3 aromatic carbocycles. The van der Waals surface area contributed by atoms with Crippen LogP contribution in [0.4, 0.5) is 0 Å². The molecule has 0 saturated carbocycles. The minimum Gasteiger partial charge on any atom is -0.314 e. The molecular weight excluding hydrogens is 522 g/mol. The van der Waals surface area contributed by atoms with Crippen molar-refractivity contribution < 1.29 is 8.42 Å². The van der Waals surface area contributed by atoms with Crippen LogP contribution >= 0.6 is 0 Å². The quantitative estimate of drug-likeness (QED) is 0.330. The molecule has 1 aliphatic rings. The molecular formula is C31H25N5O3S. The molecule has 0 radical (unpaired) electrons. The van der Waals surface area contributed by atoms with Crippen LogP contribution in [-0.4, -0.2) is 53.4 Å². The lowest BCUT2D eigenvalue weighted by molar-refractivity contribution is 0.360. The molecule has 3 aromatic heterocycles. The molecule has 0 atom stereocenters. The summed E-state index contributed by atoms with van der Waals surface area (Å²) in [5.41, 5.74) is 4.68. The van der Waals surface area contributed by atoms with Crippen molar-refractivity contribution in [3.63, 3.8) is 0 Å². The molecule has 40 heavy (non-hydrogen) atoms. The Hall–Kier alpha value is -4.44. The summed E-state index contributed by atoms with van der Waals surface area (Å²) < 4.78 is 29.4. The van der Waals surface area contributed by atoms with E-state index < -0.39 is 10.0 Å². The Bertz CT molecular complexity index is 2080. The van der Waals surface area contributed by atoms with Crippen molar-refractivity contribution in [1.29, 1.82) is 0 Å². The van der Waals surface area contributed by atoms with Crippen LogP contribution in [-0.2, 0) is 10.0 Å². The molecule has 1 aliphatic heterocycles. The van der Waals surface area contributed by atoms with Crippen molar-refractivity contribution in [2.45, 2.75) is 4.90 Å². The Morgan fingerprint density at radius 3 is 2.33 bits per heavy atom. The highest BCUT2D eigenvalue weighted by Gasteiger charge is 2.25. The van der Waals surface area contributed by atoms with Gasteiger partial charge in [-0.05, 0) is 60.2 Å². The fraction of sp³-hybridized carbons (Fsp3) is 0.129. The van der Waals surface area contributed by atoms with Gasteiger partial charge in [-0.15, -0.1) is 0 Å². The molecule has 198 valence electrons. The maximum Gasteiger partial charge on any atom is 0.255 e. The molecule has 1 N–H and O–H groups in total. The van der Waals surface area contributed by atoms with Crippen molar-refractivity contribution in [3.05, 3.63) is 108 Å². The van der Waals surface area contributed by atoms with Crippen molar-refractivity contribution in [3.8, 4) is 16.8 Å². The van der Waals surface area contributed by atoms with Gasteiger partial charge in [0.15, 0.2) is 0 Å². The molecule has 0 spiro atoms. The van der Waals surface area contributed by atoms with Gasteiger partial charge in [-0.25, -0.2) is 8.42 Å². The van der Waals surface area contributed by atoms with Crippen LogP contribution in [0.1, 0.15) is 0 Å². The average Bonchev–Trinajstić information content (AvgIpc) is 3.01. The standard InChI is InChI=1S/C31H25N5O3S/c37-30-12-6-23-19-34-29-11-5-21(24-17-22-3-1-2-4-28(22)33-20-24)18-27(29)31(23)36(30)25-7-9-26(10-8-25)40(38,39)35-15-13-32-14-16-35/h1-12,17-20,32H,13-16H2. The van der Waals surface area contributed by atoms with E-state index in [0.717, 1.165) is 38.3 Å². The second-order valence-corrected chi connectivity index (χ2v) is 11.8. The third-order valence-corrected chi connectivity index (χ3v) is 9.36.